The van der Waals surface area contributed by atoms with E-state index >= 15 is 0 Å². The molecule has 37 heavy (non-hydrogen) atoms. The first kappa shape index (κ1) is 27.5. The predicted molar refractivity (Wildman–Crippen MR) is 132 cm³/mol. The predicted octanol–water partition coefficient (Wildman–Crippen LogP) is 2.05. The van der Waals surface area contributed by atoms with Gasteiger partial charge < -0.3 is 28.8 Å². The topological polar surface area (TPSA) is 144 Å². The minimum absolute atomic E-state index is 0.102. The molecule has 0 spiro atoms. The Morgan fingerprint density at radius 1 is 1.05 bits per heavy atom. The van der Waals surface area contributed by atoms with Gasteiger partial charge in [0.2, 0.25) is 0 Å². The Hall–Kier alpha value is -4.06. The summed E-state index contributed by atoms with van der Waals surface area (Å²) >= 11 is 3.26. The zero-order valence-electron chi connectivity index (χ0n) is 20.3. The van der Waals surface area contributed by atoms with Crippen LogP contribution in [-0.2, 0) is 20.9 Å². The Balaban J connectivity index is 1.89. The maximum Gasteiger partial charge on any atom is 0.331 e. The highest BCUT2D eigenvalue weighted by Crippen LogP contribution is 2.37. The van der Waals surface area contributed by atoms with Gasteiger partial charge in [-0.25, -0.2) is 4.79 Å². The van der Waals surface area contributed by atoms with Crippen LogP contribution in [0.3, 0.4) is 0 Å². The van der Waals surface area contributed by atoms with E-state index in [0.29, 0.717) is 33.7 Å². The minimum Gasteiger partial charge on any atom is -0.546 e. The van der Waals surface area contributed by atoms with E-state index in [2.05, 4.69) is 21.2 Å². The molecule has 12 heteroatoms. The Morgan fingerprint density at radius 3 is 2.43 bits per heavy atom. The molecule has 0 aromatic heterocycles. The molecule has 1 aliphatic rings. The number of imide groups is 2. The highest BCUT2D eigenvalue weighted by Gasteiger charge is 2.36. The zero-order chi connectivity index (χ0) is 27.1. The van der Waals surface area contributed by atoms with Crippen LogP contribution in [0.1, 0.15) is 24.5 Å². The van der Waals surface area contributed by atoms with Crippen LogP contribution in [0.2, 0.25) is 0 Å². The van der Waals surface area contributed by atoms with Gasteiger partial charge in [-0.15, -0.1) is 0 Å². The summed E-state index contributed by atoms with van der Waals surface area (Å²) < 4.78 is 21.7. The summed E-state index contributed by atoms with van der Waals surface area (Å²) in [6.45, 7) is 1.65. The van der Waals surface area contributed by atoms with E-state index in [4.69, 9.17) is 18.9 Å². The maximum absolute atomic E-state index is 13.2. The number of benzene rings is 2. The van der Waals surface area contributed by atoms with Crippen LogP contribution < -0.4 is 29.4 Å². The molecular weight excluding hydrogens is 552 g/mol. The van der Waals surface area contributed by atoms with E-state index in [0.717, 1.165) is 11.3 Å². The lowest BCUT2D eigenvalue weighted by Gasteiger charge is -2.26. The molecule has 3 rings (SSSR count). The third kappa shape index (κ3) is 6.58. The SMILES string of the molecule is CCCOc1ccc(CN2C(=O)NC(=O)/C(=C\c3cc(Br)c(OCC(=O)[O-])c(OC)c3)C2=O)cc1OC. The number of carboxylic acid groups (broad SMARTS) is 1. The van der Waals surface area contributed by atoms with E-state index in [1.807, 2.05) is 6.92 Å². The summed E-state index contributed by atoms with van der Waals surface area (Å²) in [5, 5.41) is 12.9. The van der Waals surface area contributed by atoms with Crippen molar-refractivity contribution in [2.24, 2.45) is 0 Å². The lowest BCUT2D eigenvalue weighted by Crippen LogP contribution is -2.53. The summed E-state index contributed by atoms with van der Waals surface area (Å²) in [7, 11) is 2.83. The number of rotatable bonds is 11. The monoisotopic (exact) mass is 575 g/mol. The van der Waals surface area contributed by atoms with Crippen molar-refractivity contribution in [2.75, 3.05) is 27.4 Å². The van der Waals surface area contributed by atoms with Gasteiger partial charge in [0.05, 0.1) is 37.8 Å². The standard InChI is InChI=1S/C25H25BrN2O9/c1-4-7-36-18-6-5-14(10-19(18)34-2)12-28-24(32)16(23(31)27-25(28)33)8-15-9-17(26)22(20(11-15)35-3)37-13-21(29)30/h5-6,8-11H,4,7,12-13H2,1-3H3,(H,29,30)(H,27,31,33)/p-1/b16-8+. The number of aliphatic carboxylic acids is 1. The number of carbonyl (C=O) groups is 4. The molecule has 11 nitrogen and oxygen atoms in total. The summed E-state index contributed by atoms with van der Waals surface area (Å²) in [5.41, 5.74) is 0.653. The first-order valence-electron chi connectivity index (χ1n) is 11.1. The number of hydrogen-bond acceptors (Lipinski definition) is 9. The van der Waals surface area contributed by atoms with Gasteiger partial charge in [-0.05, 0) is 63.8 Å². The molecule has 2 aromatic rings. The van der Waals surface area contributed by atoms with Gasteiger partial charge in [0, 0.05) is 0 Å². The van der Waals surface area contributed by atoms with Crippen molar-refractivity contribution < 1.29 is 43.2 Å². The van der Waals surface area contributed by atoms with Gasteiger partial charge in [0.15, 0.2) is 23.0 Å². The first-order valence-corrected chi connectivity index (χ1v) is 11.9. The second kappa shape index (κ2) is 12.3. The van der Waals surface area contributed by atoms with Gasteiger partial charge in [-0.1, -0.05) is 13.0 Å². The van der Waals surface area contributed by atoms with Crippen LogP contribution >= 0.6 is 15.9 Å². The third-order valence-corrected chi connectivity index (χ3v) is 5.70. The zero-order valence-corrected chi connectivity index (χ0v) is 21.9. The molecule has 0 unspecified atom stereocenters. The van der Waals surface area contributed by atoms with Gasteiger partial charge in [-0.3, -0.25) is 19.8 Å². The van der Waals surface area contributed by atoms with Crippen LogP contribution in [0.4, 0.5) is 4.79 Å². The molecular formula is C25H24BrN2O9-. The van der Waals surface area contributed by atoms with Crippen LogP contribution in [-0.4, -0.2) is 56.1 Å². The Morgan fingerprint density at radius 2 is 1.78 bits per heavy atom. The van der Waals surface area contributed by atoms with Crippen molar-refractivity contribution in [3.8, 4) is 23.0 Å². The largest absolute Gasteiger partial charge is 0.546 e. The second-order valence-electron chi connectivity index (χ2n) is 7.74. The Labute approximate surface area is 221 Å². The summed E-state index contributed by atoms with van der Waals surface area (Å²) in [5.74, 6) is -1.85. The average Bonchev–Trinajstić information content (AvgIpc) is 2.86. The molecule has 4 amide bonds. The molecule has 0 aliphatic carbocycles. The van der Waals surface area contributed by atoms with Crippen LogP contribution in [0, 0.1) is 0 Å². The highest BCUT2D eigenvalue weighted by atomic mass is 79.9. The van der Waals surface area contributed by atoms with E-state index in [1.54, 1.807) is 18.2 Å². The third-order valence-electron chi connectivity index (χ3n) is 5.11. The summed E-state index contributed by atoms with van der Waals surface area (Å²) in [6, 6.07) is 7.12. The van der Waals surface area contributed by atoms with Crippen LogP contribution in [0.5, 0.6) is 23.0 Å². The fraction of sp³-hybridized carbons (Fsp3) is 0.280. The van der Waals surface area contributed by atoms with Crippen molar-refractivity contribution in [3.05, 3.63) is 51.5 Å². The van der Waals surface area contributed by atoms with Crippen molar-refractivity contribution >= 4 is 45.8 Å². The molecule has 1 fully saturated rings. The number of nitrogens with zero attached hydrogens (tertiary/aromatic N) is 1. The van der Waals surface area contributed by atoms with Crippen LogP contribution in [0.15, 0.2) is 40.4 Å². The van der Waals surface area contributed by atoms with Crippen molar-refractivity contribution in [2.45, 2.75) is 19.9 Å². The van der Waals surface area contributed by atoms with E-state index in [1.165, 1.54) is 32.4 Å². The fourth-order valence-corrected chi connectivity index (χ4v) is 4.00. The van der Waals surface area contributed by atoms with Crippen molar-refractivity contribution in [1.29, 1.82) is 0 Å². The molecule has 0 atom stereocenters. The van der Waals surface area contributed by atoms with Gasteiger partial charge in [-0.2, -0.15) is 0 Å². The number of urea groups is 1. The number of carbonyl (C=O) groups excluding carboxylic acids is 4. The molecule has 0 saturated carbocycles. The Kier molecular flexibility index (Phi) is 9.12. The van der Waals surface area contributed by atoms with Gasteiger partial charge in [0.1, 0.15) is 12.2 Å². The van der Waals surface area contributed by atoms with Crippen LogP contribution in [0.25, 0.3) is 6.08 Å². The molecule has 1 heterocycles. The van der Waals surface area contributed by atoms with E-state index in [-0.39, 0.29) is 23.6 Å². The number of carboxylic acids is 1. The number of amides is 4. The molecule has 1 N–H and O–H groups in total. The highest BCUT2D eigenvalue weighted by molar-refractivity contribution is 9.10. The summed E-state index contributed by atoms with van der Waals surface area (Å²) in [4.78, 5) is 49.8. The summed E-state index contributed by atoms with van der Waals surface area (Å²) in [6.07, 6.45) is 2.10. The lowest BCUT2D eigenvalue weighted by molar-refractivity contribution is -0.307. The normalized spacial score (nSPS) is 14.4. The minimum atomic E-state index is -1.42. The smallest absolute Gasteiger partial charge is 0.331 e. The van der Waals surface area contributed by atoms with Crippen molar-refractivity contribution in [1.82, 2.24) is 10.2 Å². The number of hydrogen-bond donors (Lipinski definition) is 1. The quantitative estimate of drug-likeness (QED) is 0.314. The van der Waals surface area contributed by atoms with E-state index < -0.39 is 30.4 Å². The molecule has 196 valence electrons. The lowest BCUT2D eigenvalue weighted by atomic mass is 10.1. The average molecular weight is 576 g/mol. The van der Waals surface area contributed by atoms with E-state index in [9.17, 15) is 24.3 Å². The number of nitrogens with one attached hydrogen (secondary N) is 1. The number of barbiturate groups is 1. The molecule has 0 radical (unpaired) electrons. The van der Waals surface area contributed by atoms with Gasteiger partial charge in [0.25, 0.3) is 11.8 Å². The molecule has 2 aromatic carbocycles. The number of halogens is 1. The first-order chi connectivity index (χ1) is 17.7. The van der Waals surface area contributed by atoms with Gasteiger partial charge >= 0.3 is 6.03 Å². The Bertz CT molecular complexity index is 1260. The van der Waals surface area contributed by atoms with Crippen molar-refractivity contribution in [3.63, 3.8) is 0 Å². The number of methoxy groups -OCH3 is 2. The molecule has 0 bridgehead atoms. The number of ether oxygens (including phenoxy) is 4. The fourth-order valence-electron chi connectivity index (χ4n) is 3.42. The second-order valence-corrected chi connectivity index (χ2v) is 8.59. The maximum atomic E-state index is 13.2. The molecule has 1 aliphatic heterocycles. The molecule has 1 saturated heterocycles.